The lowest BCUT2D eigenvalue weighted by Gasteiger charge is -2.36. The van der Waals surface area contributed by atoms with Gasteiger partial charge in [0.2, 0.25) is 0 Å². The number of rotatable bonds is 5. The predicted octanol–water partition coefficient (Wildman–Crippen LogP) is 2.32. The van der Waals surface area contributed by atoms with Gasteiger partial charge in [-0.2, -0.15) is 0 Å². The SMILES string of the molecule is CCOCCC1(CN)CCCCC1. The predicted molar refractivity (Wildman–Crippen MR) is 55.7 cm³/mol. The molecule has 0 saturated heterocycles. The van der Waals surface area contributed by atoms with E-state index in [0.29, 0.717) is 5.41 Å². The Bertz CT molecular complexity index is 130. The minimum atomic E-state index is 0.424. The first kappa shape index (κ1) is 11.0. The zero-order chi connectivity index (χ0) is 9.57. The molecule has 78 valence electrons. The summed E-state index contributed by atoms with van der Waals surface area (Å²) in [4.78, 5) is 0. The molecule has 2 nitrogen and oxygen atoms in total. The summed E-state index contributed by atoms with van der Waals surface area (Å²) in [6, 6.07) is 0. The lowest BCUT2D eigenvalue weighted by molar-refractivity contribution is 0.0846. The van der Waals surface area contributed by atoms with Crippen LogP contribution in [-0.2, 0) is 4.74 Å². The molecule has 1 aliphatic rings. The Kier molecular flexibility index (Phi) is 4.74. The van der Waals surface area contributed by atoms with Crippen molar-refractivity contribution < 1.29 is 4.74 Å². The number of nitrogens with two attached hydrogens (primary N) is 1. The molecule has 0 heterocycles. The van der Waals surface area contributed by atoms with Crippen LogP contribution in [0.4, 0.5) is 0 Å². The zero-order valence-electron chi connectivity index (χ0n) is 8.85. The van der Waals surface area contributed by atoms with Crippen LogP contribution in [-0.4, -0.2) is 19.8 Å². The molecule has 1 saturated carbocycles. The molecule has 0 bridgehead atoms. The smallest absolute Gasteiger partial charge is 0.0471 e. The second kappa shape index (κ2) is 5.61. The first-order chi connectivity index (χ1) is 6.33. The Morgan fingerprint density at radius 2 is 1.92 bits per heavy atom. The first-order valence-electron chi connectivity index (χ1n) is 5.61. The third kappa shape index (κ3) is 3.28. The number of hydrogen-bond donors (Lipinski definition) is 1. The average molecular weight is 185 g/mol. The van der Waals surface area contributed by atoms with E-state index in [0.717, 1.165) is 26.2 Å². The Morgan fingerprint density at radius 3 is 2.46 bits per heavy atom. The summed E-state index contributed by atoms with van der Waals surface area (Å²) >= 11 is 0. The lowest BCUT2D eigenvalue weighted by atomic mass is 9.72. The molecule has 0 aromatic rings. The van der Waals surface area contributed by atoms with E-state index in [2.05, 4.69) is 6.92 Å². The summed E-state index contributed by atoms with van der Waals surface area (Å²) < 4.78 is 5.41. The molecule has 0 unspecified atom stereocenters. The highest BCUT2D eigenvalue weighted by atomic mass is 16.5. The summed E-state index contributed by atoms with van der Waals surface area (Å²) in [5.41, 5.74) is 6.29. The molecule has 0 spiro atoms. The molecule has 0 aromatic heterocycles. The van der Waals surface area contributed by atoms with Crippen molar-refractivity contribution in [2.45, 2.75) is 45.4 Å². The van der Waals surface area contributed by atoms with Crippen molar-refractivity contribution in [1.29, 1.82) is 0 Å². The van der Waals surface area contributed by atoms with Gasteiger partial charge in [-0.05, 0) is 38.1 Å². The van der Waals surface area contributed by atoms with Gasteiger partial charge < -0.3 is 10.5 Å². The second-order valence-corrected chi connectivity index (χ2v) is 4.21. The van der Waals surface area contributed by atoms with E-state index in [-0.39, 0.29) is 0 Å². The third-order valence-corrected chi connectivity index (χ3v) is 3.33. The summed E-state index contributed by atoms with van der Waals surface area (Å²) in [5, 5.41) is 0. The van der Waals surface area contributed by atoms with Gasteiger partial charge in [-0.25, -0.2) is 0 Å². The molecule has 0 amide bonds. The largest absolute Gasteiger partial charge is 0.382 e. The molecule has 1 rings (SSSR count). The molecule has 0 atom stereocenters. The van der Waals surface area contributed by atoms with Crippen LogP contribution in [0.3, 0.4) is 0 Å². The molecule has 2 N–H and O–H groups in total. The molecular formula is C11H23NO. The Morgan fingerprint density at radius 1 is 1.23 bits per heavy atom. The summed E-state index contributed by atoms with van der Waals surface area (Å²) in [7, 11) is 0. The van der Waals surface area contributed by atoms with Crippen LogP contribution in [0.25, 0.3) is 0 Å². The minimum absolute atomic E-state index is 0.424. The van der Waals surface area contributed by atoms with Crippen molar-refractivity contribution in [2.24, 2.45) is 11.1 Å². The number of ether oxygens (including phenoxy) is 1. The fourth-order valence-electron chi connectivity index (χ4n) is 2.29. The molecule has 0 radical (unpaired) electrons. The van der Waals surface area contributed by atoms with Crippen molar-refractivity contribution in [3.8, 4) is 0 Å². The van der Waals surface area contributed by atoms with Crippen molar-refractivity contribution in [3.05, 3.63) is 0 Å². The highest BCUT2D eigenvalue weighted by molar-refractivity contribution is 4.83. The monoisotopic (exact) mass is 185 g/mol. The Labute approximate surface area is 81.8 Å². The minimum Gasteiger partial charge on any atom is -0.382 e. The van der Waals surface area contributed by atoms with Gasteiger partial charge in [-0.1, -0.05) is 19.3 Å². The van der Waals surface area contributed by atoms with Crippen LogP contribution in [0.2, 0.25) is 0 Å². The standard InChI is InChI=1S/C11H23NO/c1-2-13-9-8-11(10-12)6-4-3-5-7-11/h2-10,12H2,1H3. The Hall–Kier alpha value is -0.0800. The van der Waals surface area contributed by atoms with Crippen molar-refractivity contribution >= 4 is 0 Å². The highest BCUT2D eigenvalue weighted by Gasteiger charge is 2.29. The van der Waals surface area contributed by atoms with Crippen LogP contribution in [0, 0.1) is 5.41 Å². The summed E-state index contributed by atoms with van der Waals surface area (Å²) in [6.45, 7) is 4.63. The third-order valence-electron chi connectivity index (χ3n) is 3.33. The maximum absolute atomic E-state index is 5.86. The fraction of sp³-hybridized carbons (Fsp3) is 1.00. The fourth-order valence-corrected chi connectivity index (χ4v) is 2.29. The highest BCUT2D eigenvalue weighted by Crippen LogP contribution is 2.38. The molecule has 1 aliphatic carbocycles. The maximum atomic E-state index is 5.86. The van der Waals surface area contributed by atoms with Gasteiger partial charge in [0, 0.05) is 13.2 Å². The van der Waals surface area contributed by atoms with Gasteiger partial charge in [0.15, 0.2) is 0 Å². The molecule has 13 heavy (non-hydrogen) atoms. The van der Waals surface area contributed by atoms with Gasteiger partial charge in [0.05, 0.1) is 0 Å². The normalized spacial score (nSPS) is 21.7. The van der Waals surface area contributed by atoms with Crippen molar-refractivity contribution in [2.75, 3.05) is 19.8 Å². The van der Waals surface area contributed by atoms with Crippen LogP contribution in [0.5, 0.6) is 0 Å². The van der Waals surface area contributed by atoms with Crippen LogP contribution >= 0.6 is 0 Å². The van der Waals surface area contributed by atoms with E-state index in [1.165, 1.54) is 32.1 Å². The van der Waals surface area contributed by atoms with Gasteiger partial charge in [-0.15, -0.1) is 0 Å². The number of hydrogen-bond acceptors (Lipinski definition) is 2. The van der Waals surface area contributed by atoms with Crippen LogP contribution in [0.15, 0.2) is 0 Å². The molecule has 2 heteroatoms. The van der Waals surface area contributed by atoms with Gasteiger partial charge >= 0.3 is 0 Å². The topological polar surface area (TPSA) is 35.2 Å². The average Bonchev–Trinajstić information content (AvgIpc) is 2.20. The van der Waals surface area contributed by atoms with Gasteiger partial charge in [0.25, 0.3) is 0 Å². The van der Waals surface area contributed by atoms with E-state index < -0.39 is 0 Å². The second-order valence-electron chi connectivity index (χ2n) is 4.21. The van der Waals surface area contributed by atoms with E-state index in [1.807, 2.05) is 0 Å². The summed E-state index contributed by atoms with van der Waals surface area (Å²) in [6.07, 6.45) is 7.92. The van der Waals surface area contributed by atoms with Gasteiger partial charge in [-0.3, -0.25) is 0 Å². The van der Waals surface area contributed by atoms with Gasteiger partial charge in [0.1, 0.15) is 0 Å². The van der Waals surface area contributed by atoms with E-state index >= 15 is 0 Å². The molecule has 1 fully saturated rings. The molecular weight excluding hydrogens is 162 g/mol. The zero-order valence-corrected chi connectivity index (χ0v) is 8.85. The maximum Gasteiger partial charge on any atom is 0.0471 e. The van der Waals surface area contributed by atoms with E-state index in [9.17, 15) is 0 Å². The molecule has 0 aliphatic heterocycles. The van der Waals surface area contributed by atoms with Crippen molar-refractivity contribution in [3.63, 3.8) is 0 Å². The van der Waals surface area contributed by atoms with E-state index in [1.54, 1.807) is 0 Å². The first-order valence-corrected chi connectivity index (χ1v) is 5.61. The van der Waals surface area contributed by atoms with Crippen LogP contribution in [0.1, 0.15) is 45.4 Å². The quantitative estimate of drug-likeness (QED) is 0.667. The molecule has 0 aromatic carbocycles. The summed E-state index contributed by atoms with van der Waals surface area (Å²) in [5.74, 6) is 0. The van der Waals surface area contributed by atoms with E-state index in [4.69, 9.17) is 10.5 Å². The van der Waals surface area contributed by atoms with Crippen LogP contribution < -0.4 is 5.73 Å². The van der Waals surface area contributed by atoms with Crippen molar-refractivity contribution in [1.82, 2.24) is 0 Å². The lowest BCUT2D eigenvalue weighted by Crippen LogP contribution is -2.33. The Balaban J connectivity index is 2.29.